The van der Waals surface area contributed by atoms with Gasteiger partial charge in [-0.05, 0) is 37.7 Å². The lowest BCUT2D eigenvalue weighted by Gasteiger charge is -2.08. The highest BCUT2D eigenvalue weighted by Gasteiger charge is 2.09. The van der Waals surface area contributed by atoms with Crippen molar-refractivity contribution in [2.75, 3.05) is 0 Å². The molecular weight excluding hydrogens is 532 g/mol. The molecule has 2 aromatic rings. The number of unbranched alkanes of at least 4 members (excludes halogenated alkanes) is 24. The van der Waals surface area contributed by atoms with Crippen molar-refractivity contribution in [3.8, 4) is 0 Å². The quantitative estimate of drug-likeness (QED) is 0.0757. The van der Waals surface area contributed by atoms with E-state index in [-0.39, 0.29) is 0 Å². The van der Waals surface area contributed by atoms with Crippen LogP contribution in [0.4, 0.5) is 0 Å². The van der Waals surface area contributed by atoms with Gasteiger partial charge in [0.1, 0.15) is 5.82 Å². The third-order valence-electron chi connectivity index (χ3n) is 9.66. The van der Waals surface area contributed by atoms with E-state index < -0.39 is 0 Å². The van der Waals surface area contributed by atoms with E-state index in [2.05, 4.69) is 54.9 Å². The van der Waals surface area contributed by atoms with Gasteiger partial charge in [-0.3, -0.25) is 0 Å². The molecule has 0 bridgehead atoms. The molecule has 0 spiro atoms. The van der Waals surface area contributed by atoms with Crippen LogP contribution < -0.4 is 0 Å². The summed E-state index contributed by atoms with van der Waals surface area (Å²) in [5, 5.41) is 0. The Morgan fingerprint density at radius 2 is 0.864 bits per heavy atom. The van der Waals surface area contributed by atoms with Crippen molar-refractivity contribution >= 4 is 0 Å². The lowest BCUT2D eigenvalue weighted by Crippen LogP contribution is -2.03. The molecule has 2 rings (SSSR count). The van der Waals surface area contributed by atoms with Crippen molar-refractivity contribution in [3.63, 3.8) is 0 Å². The lowest BCUT2D eigenvalue weighted by atomic mass is 10.0. The Balaban J connectivity index is 1.60. The molecule has 2 heteroatoms. The molecule has 0 unspecified atom stereocenters. The van der Waals surface area contributed by atoms with E-state index in [1.807, 2.05) is 0 Å². The standard InChI is InChI=1S/C42H74N2/c1-3-5-7-9-11-13-15-17-18-19-21-23-25-30-37-42-43-41(36-32-35-40-33-28-27-29-34-40)39-44(42)38-31-26-24-22-20-16-14-12-10-8-6-4-2/h27-29,33-34,39H,3-26,30-32,35-38H2,1-2H3. The summed E-state index contributed by atoms with van der Waals surface area (Å²) >= 11 is 0. The van der Waals surface area contributed by atoms with Gasteiger partial charge in [0.05, 0.1) is 5.69 Å². The maximum atomic E-state index is 5.18. The van der Waals surface area contributed by atoms with Crippen LogP contribution in [0.15, 0.2) is 36.5 Å². The van der Waals surface area contributed by atoms with Crippen LogP contribution in [0.25, 0.3) is 0 Å². The van der Waals surface area contributed by atoms with Gasteiger partial charge in [0.2, 0.25) is 0 Å². The minimum Gasteiger partial charge on any atom is -0.335 e. The second-order valence-electron chi connectivity index (χ2n) is 13.9. The largest absolute Gasteiger partial charge is 0.335 e. The average molecular weight is 607 g/mol. The highest BCUT2D eigenvalue weighted by atomic mass is 15.1. The number of hydrogen-bond acceptors (Lipinski definition) is 1. The van der Waals surface area contributed by atoms with Gasteiger partial charge in [-0.15, -0.1) is 0 Å². The summed E-state index contributed by atoms with van der Waals surface area (Å²) in [6, 6.07) is 10.9. The van der Waals surface area contributed by atoms with Crippen LogP contribution in [0.5, 0.6) is 0 Å². The maximum absolute atomic E-state index is 5.18. The Labute approximate surface area is 275 Å². The third kappa shape index (κ3) is 21.2. The van der Waals surface area contributed by atoms with Crippen molar-refractivity contribution in [2.45, 2.75) is 213 Å². The number of aryl methyl sites for hydroxylation is 4. The van der Waals surface area contributed by atoms with E-state index in [0.29, 0.717) is 0 Å². The van der Waals surface area contributed by atoms with Crippen molar-refractivity contribution < 1.29 is 0 Å². The number of rotatable bonds is 32. The fourth-order valence-electron chi connectivity index (χ4n) is 6.75. The first-order valence-corrected chi connectivity index (χ1v) is 19.9. The number of hydrogen-bond donors (Lipinski definition) is 0. The normalized spacial score (nSPS) is 11.5. The van der Waals surface area contributed by atoms with Crippen LogP contribution in [0.2, 0.25) is 0 Å². The van der Waals surface area contributed by atoms with Gasteiger partial charge in [0.25, 0.3) is 0 Å². The van der Waals surface area contributed by atoms with E-state index in [4.69, 9.17) is 4.98 Å². The summed E-state index contributed by atoms with van der Waals surface area (Å²) in [7, 11) is 0. The first-order valence-electron chi connectivity index (χ1n) is 19.9. The zero-order valence-electron chi connectivity index (χ0n) is 29.8. The molecule has 0 aliphatic rings. The van der Waals surface area contributed by atoms with Gasteiger partial charge >= 0.3 is 0 Å². The van der Waals surface area contributed by atoms with Gasteiger partial charge in [0, 0.05) is 19.2 Å². The molecule has 0 aliphatic carbocycles. The van der Waals surface area contributed by atoms with E-state index in [0.717, 1.165) is 25.8 Å². The van der Waals surface area contributed by atoms with Gasteiger partial charge < -0.3 is 4.57 Å². The van der Waals surface area contributed by atoms with Crippen molar-refractivity contribution in [1.29, 1.82) is 0 Å². The average Bonchev–Trinajstić information content (AvgIpc) is 3.43. The van der Waals surface area contributed by atoms with Crippen LogP contribution in [0.1, 0.15) is 204 Å². The highest BCUT2D eigenvalue weighted by molar-refractivity contribution is 5.15. The summed E-state index contributed by atoms with van der Waals surface area (Å²) in [4.78, 5) is 5.18. The second kappa shape index (κ2) is 28.9. The first kappa shape index (κ1) is 38.6. The molecule has 0 saturated heterocycles. The number of imidazole rings is 1. The van der Waals surface area contributed by atoms with Crippen LogP contribution in [-0.2, 0) is 25.8 Å². The molecule has 0 saturated carbocycles. The summed E-state index contributed by atoms with van der Waals surface area (Å²) < 4.78 is 2.54. The van der Waals surface area contributed by atoms with E-state index in [1.165, 1.54) is 190 Å². The Hall–Kier alpha value is -1.57. The number of aromatic nitrogens is 2. The molecule has 252 valence electrons. The molecule has 0 aliphatic heterocycles. The molecule has 44 heavy (non-hydrogen) atoms. The Morgan fingerprint density at radius 1 is 0.432 bits per heavy atom. The van der Waals surface area contributed by atoms with Crippen LogP contribution in [0, 0.1) is 0 Å². The maximum Gasteiger partial charge on any atom is 0.108 e. The molecule has 0 amide bonds. The summed E-state index contributed by atoms with van der Waals surface area (Å²) in [5.41, 5.74) is 2.77. The highest BCUT2D eigenvalue weighted by Crippen LogP contribution is 2.17. The Kier molecular flexibility index (Phi) is 25.3. The SMILES string of the molecule is CCCCCCCCCCCCCCCCc1nc(CCCc2ccccc2)cn1CCCCCCCCCCCCCC. The van der Waals surface area contributed by atoms with Gasteiger partial charge in [-0.2, -0.15) is 0 Å². The third-order valence-corrected chi connectivity index (χ3v) is 9.66. The minimum atomic E-state index is 1.10. The van der Waals surface area contributed by atoms with E-state index in [9.17, 15) is 0 Å². The van der Waals surface area contributed by atoms with Crippen LogP contribution in [-0.4, -0.2) is 9.55 Å². The topological polar surface area (TPSA) is 17.8 Å². The smallest absolute Gasteiger partial charge is 0.108 e. The lowest BCUT2D eigenvalue weighted by molar-refractivity contribution is 0.516. The van der Waals surface area contributed by atoms with Crippen molar-refractivity contribution in [1.82, 2.24) is 9.55 Å². The molecule has 0 fully saturated rings. The Morgan fingerprint density at radius 3 is 1.34 bits per heavy atom. The summed E-state index contributed by atoms with van der Waals surface area (Å²) in [5.74, 6) is 1.36. The fourth-order valence-corrected chi connectivity index (χ4v) is 6.75. The van der Waals surface area contributed by atoms with Crippen molar-refractivity contribution in [2.24, 2.45) is 0 Å². The second-order valence-corrected chi connectivity index (χ2v) is 13.9. The van der Waals surface area contributed by atoms with Crippen LogP contribution in [0.3, 0.4) is 0 Å². The molecule has 0 N–H and O–H groups in total. The first-order chi connectivity index (χ1) is 21.8. The molecule has 1 aromatic carbocycles. The van der Waals surface area contributed by atoms with Gasteiger partial charge in [0.15, 0.2) is 0 Å². The van der Waals surface area contributed by atoms with Gasteiger partial charge in [-0.1, -0.05) is 198 Å². The molecule has 1 aromatic heterocycles. The molecule has 0 radical (unpaired) electrons. The predicted octanol–water partition coefficient (Wildman–Crippen LogP) is 13.8. The molecule has 0 atom stereocenters. The number of nitrogens with zero attached hydrogens (tertiary/aromatic N) is 2. The zero-order chi connectivity index (χ0) is 31.2. The molecule has 1 heterocycles. The number of benzene rings is 1. The monoisotopic (exact) mass is 607 g/mol. The van der Waals surface area contributed by atoms with Gasteiger partial charge in [-0.25, -0.2) is 4.98 Å². The van der Waals surface area contributed by atoms with E-state index in [1.54, 1.807) is 0 Å². The fraction of sp³-hybridized carbons (Fsp3) is 0.786. The Bertz CT molecular complexity index is 854. The predicted molar refractivity (Wildman–Crippen MR) is 196 cm³/mol. The van der Waals surface area contributed by atoms with Crippen LogP contribution >= 0.6 is 0 Å². The zero-order valence-corrected chi connectivity index (χ0v) is 29.8. The summed E-state index contributed by atoms with van der Waals surface area (Å²) in [6.45, 7) is 5.78. The minimum absolute atomic E-state index is 1.10. The molecule has 2 nitrogen and oxygen atoms in total. The molecular formula is C42H74N2. The van der Waals surface area contributed by atoms with Crippen molar-refractivity contribution in [3.05, 3.63) is 53.6 Å². The summed E-state index contributed by atoms with van der Waals surface area (Å²) in [6.07, 6.45) is 43.9. The van der Waals surface area contributed by atoms with E-state index >= 15 is 0 Å².